The fraction of sp³-hybridized carbons (Fsp3) is 0.571. The molecule has 3 N–H and O–H groups in total. The number of pyridine rings is 1. The lowest BCUT2D eigenvalue weighted by atomic mass is 10.1. The summed E-state index contributed by atoms with van der Waals surface area (Å²) in [5.41, 5.74) is 7.37. The number of anilines is 2. The van der Waals surface area contributed by atoms with Crippen molar-refractivity contribution in [2.45, 2.75) is 46.1 Å². The largest absolute Gasteiger partial charge is 0.466 e. The lowest BCUT2D eigenvalue weighted by Crippen LogP contribution is -2.25. The van der Waals surface area contributed by atoms with E-state index in [2.05, 4.69) is 17.2 Å². The third kappa shape index (κ3) is 5.16. The Morgan fingerprint density at radius 2 is 2.21 bits per heavy atom. The van der Waals surface area contributed by atoms with Crippen molar-refractivity contribution in [2.24, 2.45) is 0 Å². The monoisotopic (exact) mass is 265 g/mol. The highest BCUT2D eigenvalue weighted by atomic mass is 16.5. The summed E-state index contributed by atoms with van der Waals surface area (Å²) >= 11 is 0. The lowest BCUT2D eigenvalue weighted by Gasteiger charge is -2.19. The first kappa shape index (κ1) is 15.3. The molecular weight excluding hydrogens is 242 g/mol. The number of nitrogens with one attached hydrogen (secondary N) is 1. The van der Waals surface area contributed by atoms with Gasteiger partial charge in [0.15, 0.2) is 0 Å². The number of esters is 1. The highest BCUT2D eigenvalue weighted by Gasteiger charge is 2.15. The number of nitrogens with zero attached hydrogens (tertiary/aromatic N) is 1. The van der Waals surface area contributed by atoms with Crippen LogP contribution in [0.1, 0.15) is 38.8 Å². The van der Waals surface area contributed by atoms with Crippen molar-refractivity contribution in [1.29, 1.82) is 0 Å². The van der Waals surface area contributed by atoms with Gasteiger partial charge in [0, 0.05) is 11.7 Å². The molecule has 1 aromatic heterocycles. The smallest absolute Gasteiger partial charge is 0.307 e. The minimum Gasteiger partial charge on any atom is -0.466 e. The van der Waals surface area contributed by atoms with Gasteiger partial charge in [-0.15, -0.1) is 0 Å². The summed E-state index contributed by atoms with van der Waals surface area (Å²) in [5, 5.41) is 3.24. The Kier molecular flexibility index (Phi) is 6.12. The molecule has 1 rings (SSSR count). The standard InChI is InChI=1S/C14H23N3O2/c1-4-6-11(9-13(18)19-5-2)17-14-12(15)8-7-10(3)16-14/h7-8,11H,4-6,9,15H2,1-3H3,(H,16,17). The van der Waals surface area contributed by atoms with E-state index in [0.29, 0.717) is 24.5 Å². The van der Waals surface area contributed by atoms with Gasteiger partial charge in [0.25, 0.3) is 0 Å². The Morgan fingerprint density at radius 3 is 2.84 bits per heavy atom. The van der Waals surface area contributed by atoms with E-state index in [0.717, 1.165) is 18.5 Å². The van der Waals surface area contributed by atoms with Gasteiger partial charge in [-0.3, -0.25) is 4.79 Å². The molecule has 0 aromatic carbocycles. The van der Waals surface area contributed by atoms with Crippen molar-refractivity contribution in [1.82, 2.24) is 4.98 Å². The highest BCUT2D eigenvalue weighted by Crippen LogP contribution is 2.19. The van der Waals surface area contributed by atoms with Gasteiger partial charge in [-0.2, -0.15) is 0 Å². The van der Waals surface area contributed by atoms with Gasteiger partial charge in [-0.05, 0) is 32.4 Å². The van der Waals surface area contributed by atoms with Crippen LogP contribution in [0, 0.1) is 6.92 Å². The van der Waals surface area contributed by atoms with E-state index >= 15 is 0 Å². The van der Waals surface area contributed by atoms with E-state index in [4.69, 9.17) is 10.5 Å². The second-order valence-corrected chi connectivity index (χ2v) is 4.53. The maximum atomic E-state index is 11.6. The molecule has 19 heavy (non-hydrogen) atoms. The minimum absolute atomic E-state index is 0.000602. The van der Waals surface area contributed by atoms with Crippen molar-refractivity contribution in [3.63, 3.8) is 0 Å². The van der Waals surface area contributed by atoms with Crippen molar-refractivity contribution in [3.8, 4) is 0 Å². The fourth-order valence-corrected chi connectivity index (χ4v) is 1.87. The zero-order valence-electron chi connectivity index (χ0n) is 11.9. The van der Waals surface area contributed by atoms with Gasteiger partial charge >= 0.3 is 5.97 Å². The van der Waals surface area contributed by atoms with Gasteiger partial charge in [0.05, 0.1) is 18.7 Å². The number of aryl methyl sites for hydroxylation is 1. The molecule has 0 saturated carbocycles. The first-order chi connectivity index (χ1) is 9.06. The molecule has 0 bridgehead atoms. The summed E-state index contributed by atoms with van der Waals surface area (Å²) in [4.78, 5) is 15.9. The SMILES string of the molecule is CCCC(CC(=O)OCC)Nc1nc(C)ccc1N. The minimum atomic E-state index is -0.195. The first-order valence-corrected chi connectivity index (χ1v) is 6.72. The number of aromatic nitrogens is 1. The molecular formula is C14H23N3O2. The summed E-state index contributed by atoms with van der Waals surface area (Å²) < 4.78 is 4.98. The Morgan fingerprint density at radius 1 is 1.47 bits per heavy atom. The van der Waals surface area contributed by atoms with E-state index in [1.165, 1.54) is 0 Å². The van der Waals surface area contributed by atoms with Gasteiger partial charge in [0.1, 0.15) is 5.82 Å². The molecule has 0 aliphatic heterocycles. The van der Waals surface area contributed by atoms with E-state index in [1.807, 2.05) is 19.1 Å². The van der Waals surface area contributed by atoms with Crippen molar-refractivity contribution >= 4 is 17.5 Å². The van der Waals surface area contributed by atoms with Crippen molar-refractivity contribution < 1.29 is 9.53 Å². The molecule has 5 nitrogen and oxygen atoms in total. The summed E-state index contributed by atoms with van der Waals surface area (Å²) in [6, 6.07) is 3.68. The summed E-state index contributed by atoms with van der Waals surface area (Å²) in [5.74, 6) is 0.447. The number of carbonyl (C=O) groups is 1. The number of nitrogen functional groups attached to an aromatic ring is 1. The molecule has 1 unspecified atom stereocenters. The number of rotatable bonds is 7. The normalized spacial score (nSPS) is 11.9. The van der Waals surface area contributed by atoms with Crippen LogP contribution in [-0.2, 0) is 9.53 Å². The van der Waals surface area contributed by atoms with Crippen LogP contribution in [0.4, 0.5) is 11.5 Å². The zero-order chi connectivity index (χ0) is 14.3. The molecule has 1 aromatic rings. The topological polar surface area (TPSA) is 77.2 Å². The second-order valence-electron chi connectivity index (χ2n) is 4.53. The molecule has 0 aliphatic rings. The summed E-state index contributed by atoms with van der Waals surface area (Å²) in [6.07, 6.45) is 2.17. The van der Waals surface area contributed by atoms with E-state index < -0.39 is 0 Å². The van der Waals surface area contributed by atoms with Crippen LogP contribution in [0.15, 0.2) is 12.1 Å². The predicted octanol–water partition coefficient (Wildman–Crippen LogP) is 2.51. The first-order valence-electron chi connectivity index (χ1n) is 6.72. The molecule has 0 spiro atoms. The van der Waals surface area contributed by atoms with Crippen molar-refractivity contribution in [2.75, 3.05) is 17.7 Å². The molecule has 0 amide bonds. The Hall–Kier alpha value is -1.78. The fourth-order valence-electron chi connectivity index (χ4n) is 1.87. The van der Waals surface area contributed by atoms with Crippen LogP contribution in [-0.4, -0.2) is 23.6 Å². The van der Waals surface area contributed by atoms with Crippen LogP contribution in [0.25, 0.3) is 0 Å². The van der Waals surface area contributed by atoms with E-state index in [-0.39, 0.29) is 12.0 Å². The van der Waals surface area contributed by atoms with Crippen LogP contribution in [0.3, 0.4) is 0 Å². The quantitative estimate of drug-likeness (QED) is 0.741. The molecule has 106 valence electrons. The third-order valence-electron chi connectivity index (χ3n) is 2.76. The number of hydrogen-bond donors (Lipinski definition) is 2. The predicted molar refractivity (Wildman–Crippen MR) is 77.0 cm³/mol. The maximum absolute atomic E-state index is 11.6. The van der Waals surface area contributed by atoms with E-state index in [9.17, 15) is 4.79 Å². The molecule has 1 heterocycles. The number of hydrogen-bond acceptors (Lipinski definition) is 5. The van der Waals surface area contributed by atoms with Crippen LogP contribution < -0.4 is 11.1 Å². The average molecular weight is 265 g/mol. The van der Waals surface area contributed by atoms with Gasteiger partial charge in [-0.1, -0.05) is 13.3 Å². The van der Waals surface area contributed by atoms with E-state index in [1.54, 1.807) is 6.92 Å². The lowest BCUT2D eigenvalue weighted by molar-refractivity contribution is -0.143. The maximum Gasteiger partial charge on any atom is 0.307 e. The average Bonchev–Trinajstić information content (AvgIpc) is 2.34. The van der Waals surface area contributed by atoms with Crippen molar-refractivity contribution in [3.05, 3.63) is 17.8 Å². The Balaban J connectivity index is 2.71. The number of carbonyl (C=O) groups excluding carboxylic acids is 1. The van der Waals surface area contributed by atoms with Crippen LogP contribution >= 0.6 is 0 Å². The van der Waals surface area contributed by atoms with Gasteiger partial charge in [-0.25, -0.2) is 4.98 Å². The van der Waals surface area contributed by atoms with Crippen LogP contribution in [0.5, 0.6) is 0 Å². The molecule has 0 fully saturated rings. The van der Waals surface area contributed by atoms with Crippen LogP contribution in [0.2, 0.25) is 0 Å². The molecule has 1 atom stereocenters. The molecule has 0 saturated heterocycles. The highest BCUT2D eigenvalue weighted by molar-refractivity contribution is 5.71. The zero-order valence-corrected chi connectivity index (χ0v) is 11.9. The molecule has 5 heteroatoms. The number of ether oxygens (including phenoxy) is 1. The summed E-state index contributed by atoms with van der Waals surface area (Å²) in [7, 11) is 0. The second kappa shape index (κ2) is 7.61. The molecule has 0 radical (unpaired) electrons. The van der Waals surface area contributed by atoms with Gasteiger partial charge < -0.3 is 15.8 Å². The molecule has 0 aliphatic carbocycles. The number of nitrogens with two attached hydrogens (primary N) is 1. The Labute approximate surface area is 114 Å². The summed E-state index contributed by atoms with van der Waals surface area (Å²) in [6.45, 7) is 6.19. The van der Waals surface area contributed by atoms with Gasteiger partial charge in [0.2, 0.25) is 0 Å². The third-order valence-corrected chi connectivity index (χ3v) is 2.76. The Bertz CT molecular complexity index is 421.